The average molecular weight is 336 g/mol. The predicted molar refractivity (Wildman–Crippen MR) is 91.9 cm³/mol. The summed E-state index contributed by atoms with van der Waals surface area (Å²) in [5.41, 5.74) is 1.05. The summed E-state index contributed by atoms with van der Waals surface area (Å²) >= 11 is 0. The number of benzene rings is 1. The quantitative estimate of drug-likeness (QED) is 0.855. The van der Waals surface area contributed by atoms with Crippen LogP contribution in [0.25, 0.3) is 0 Å². The zero-order valence-electron chi connectivity index (χ0n) is 14.6. The molecule has 6 heteroatoms. The van der Waals surface area contributed by atoms with E-state index in [0.717, 1.165) is 57.8 Å². The number of methoxy groups -OCH3 is 2. The fourth-order valence-corrected chi connectivity index (χ4v) is 3.92. The maximum Gasteiger partial charge on any atom is 0.131 e. The molecule has 3 rings (SSSR count). The Bertz CT molecular complexity index is 497. The van der Waals surface area contributed by atoms with Gasteiger partial charge in [-0.15, -0.1) is 0 Å². The van der Waals surface area contributed by atoms with Gasteiger partial charge in [0.05, 0.1) is 19.8 Å². The van der Waals surface area contributed by atoms with Crippen molar-refractivity contribution in [3.8, 4) is 17.2 Å². The molecule has 1 atom stereocenters. The summed E-state index contributed by atoms with van der Waals surface area (Å²) in [6.07, 6.45) is 2.06. The van der Waals surface area contributed by atoms with Gasteiger partial charge < -0.3 is 24.6 Å². The van der Waals surface area contributed by atoms with Crippen molar-refractivity contribution < 1.29 is 19.3 Å². The first-order chi connectivity index (χ1) is 11.7. The minimum absolute atomic E-state index is 0.165. The van der Waals surface area contributed by atoms with Crippen LogP contribution in [0.5, 0.6) is 17.2 Å². The monoisotopic (exact) mass is 336 g/mol. The van der Waals surface area contributed by atoms with Crippen molar-refractivity contribution in [1.29, 1.82) is 0 Å². The molecular formula is C18H28N2O4. The number of piperazine rings is 1. The number of nitrogens with zero attached hydrogens (tertiary/aromatic N) is 1. The molecule has 1 aromatic carbocycles. The summed E-state index contributed by atoms with van der Waals surface area (Å²) in [4.78, 5) is 2.52. The van der Waals surface area contributed by atoms with Crippen molar-refractivity contribution in [3.05, 3.63) is 17.7 Å². The maximum absolute atomic E-state index is 9.98. The van der Waals surface area contributed by atoms with E-state index in [2.05, 4.69) is 10.2 Å². The molecule has 0 bridgehead atoms. The van der Waals surface area contributed by atoms with Crippen LogP contribution < -0.4 is 14.8 Å². The highest BCUT2D eigenvalue weighted by Gasteiger charge is 2.35. The van der Waals surface area contributed by atoms with E-state index in [0.29, 0.717) is 17.4 Å². The lowest BCUT2D eigenvalue weighted by Crippen LogP contribution is -2.47. The minimum atomic E-state index is 0.165. The van der Waals surface area contributed by atoms with Crippen LogP contribution in [0.4, 0.5) is 0 Å². The van der Waals surface area contributed by atoms with Crippen LogP contribution in [0.1, 0.15) is 24.4 Å². The largest absolute Gasteiger partial charge is 0.508 e. The van der Waals surface area contributed by atoms with Gasteiger partial charge in [0.25, 0.3) is 0 Å². The number of aromatic hydroxyl groups is 1. The van der Waals surface area contributed by atoms with Gasteiger partial charge in [-0.2, -0.15) is 0 Å². The second-order valence-corrected chi connectivity index (χ2v) is 6.44. The lowest BCUT2D eigenvalue weighted by atomic mass is 9.84. The molecule has 2 fully saturated rings. The predicted octanol–water partition coefficient (Wildman–Crippen LogP) is 1.78. The number of hydrogen-bond acceptors (Lipinski definition) is 6. The van der Waals surface area contributed by atoms with E-state index in [-0.39, 0.29) is 11.8 Å². The zero-order chi connectivity index (χ0) is 16.9. The third kappa shape index (κ3) is 3.61. The Labute approximate surface area is 143 Å². The second kappa shape index (κ2) is 8.05. The van der Waals surface area contributed by atoms with Gasteiger partial charge in [-0.3, -0.25) is 4.90 Å². The van der Waals surface area contributed by atoms with E-state index in [4.69, 9.17) is 14.2 Å². The zero-order valence-corrected chi connectivity index (χ0v) is 14.6. The summed E-state index contributed by atoms with van der Waals surface area (Å²) < 4.78 is 16.8. The van der Waals surface area contributed by atoms with Gasteiger partial charge in [-0.05, 0) is 18.8 Å². The lowest BCUT2D eigenvalue weighted by Gasteiger charge is -2.41. The molecule has 0 unspecified atom stereocenters. The van der Waals surface area contributed by atoms with E-state index in [1.165, 1.54) is 0 Å². The maximum atomic E-state index is 9.98. The molecule has 1 aromatic rings. The Balaban J connectivity index is 2.03. The molecule has 2 aliphatic rings. The van der Waals surface area contributed by atoms with Crippen LogP contribution in [0.2, 0.25) is 0 Å². The smallest absolute Gasteiger partial charge is 0.131 e. The normalized spacial score (nSPS) is 21.4. The number of rotatable bonds is 5. The highest BCUT2D eigenvalue weighted by atomic mass is 16.5. The first-order valence-corrected chi connectivity index (χ1v) is 8.72. The van der Waals surface area contributed by atoms with Crippen LogP contribution in [0.3, 0.4) is 0 Å². The Kier molecular flexibility index (Phi) is 5.81. The van der Waals surface area contributed by atoms with E-state index in [9.17, 15) is 5.11 Å². The summed E-state index contributed by atoms with van der Waals surface area (Å²) in [7, 11) is 3.30. The Morgan fingerprint density at radius 3 is 2.25 bits per heavy atom. The lowest BCUT2D eigenvalue weighted by molar-refractivity contribution is 0.0199. The molecule has 0 amide bonds. The molecule has 2 N–H and O–H groups in total. The highest BCUT2D eigenvalue weighted by Crippen LogP contribution is 2.45. The van der Waals surface area contributed by atoms with Crippen molar-refractivity contribution in [2.24, 2.45) is 5.92 Å². The molecule has 134 valence electrons. The van der Waals surface area contributed by atoms with Gasteiger partial charge in [0.15, 0.2) is 0 Å². The van der Waals surface area contributed by atoms with Crippen LogP contribution in [-0.2, 0) is 4.74 Å². The Morgan fingerprint density at radius 1 is 1.12 bits per heavy atom. The minimum Gasteiger partial charge on any atom is -0.508 e. The average Bonchev–Trinajstić information content (AvgIpc) is 2.64. The van der Waals surface area contributed by atoms with E-state index in [1.807, 2.05) is 0 Å². The van der Waals surface area contributed by atoms with Gasteiger partial charge in [0.2, 0.25) is 0 Å². The number of ether oxygens (including phenoxy) is 3. The summed E-state index contributed by atoms with van der Waals surface area (Å²) in [6.45, 7) is 5.57. The van der Waals surface area contributed by atoms with Gasteiger partial charge >= 0.3 is 0 Å². The van der Waals surface area contributed by atoms with E-state index < -0.39 is 0 Å². The van der Waals surface area contributed by atoms with E-state index in [1.54, 1.807) is 26.4 Å². The fraction of sp³-hybridized carbons (Fsp3) is 0.667. The van der Waals surface area contributed by atoms with Crippen molar-refractivity contribution in [2.75, 3.05) is 53.6 Å². The number of phenolic OH excluding ortho intramolecular Hbond substituents is 1. The SMILES string of the molecule is COc1cc(O)cc(OC)c1[C@H](C1CCOCC1)N1CCNCC1. The Hall–Kier alpha value is -1.50. The first kappa shape index (κ1) is 17.3. The fourth-order valence-electron chi connectivity index (χ4n) is 3.92. The van der Waals surface area contributed by atoms with Crippen LogP contribution in [0, 0.1) is 5.92 Å². The van der Waals surface area contributed by atoms with Gasteiger partial charge in [-0.25, -0.2) is 0 Å². The molecule has 2 heterocycles. The first-order valence-electron chi connectivity index (χ1n) is 8.72. The number of phenols is 1. The molecule has 0 aliphatic carbocycles. The molecule has 0 radical (unpaired) electrons. The third-order valence-corrected chi connectivity index (χ3v) is 5.08. The second-order valence-electron chi connectivity index (χ2n) is 6.44. The van der Waals surface area contributed by atoms with Crippen molar-refractivity contribution in [1.82, 2.24) is 10.2 Å². The highest BCUT2D eigenvalue weighted by molar-refractivity contribution is 5.52. The Morgan fingerprint density at radius 2 is 1.71 bits per heavy atom. The van der Waals surface area contributed by atoms with Crippen molar-refractivity contribution in [3.63, 3.8) is 0 Å². The molecule has 0 saturated carbocycles. The van der Waals surface area contributed by atoms with Crippen molar-refractivity contribution in [2.45, 2.75) is 18.9 Å². The topological polar surface area (TPSA) is 63.2 Å². The summed E-state index contributed by atoms with van der Waals surface area (Å²) in [6, 6.07) is 3.58. The van der Waals surface area contributed by atoms with Gasteiger partial charge in [-0.1, -0.05) is 0 Å². The molecule has 24 heavy (non-hydrogen) atoms. The van der Waals surface area contributed by atoms with E-state index >= 15 is 0 Å². The van der Waals surface area contributed by atoms with Crippen molar-refractivity contribution >= 4 is 0 Å². The molecular weight excluding hydrogens is 308 g/mol. The van der Waals surface area contributed by atoms with Gasteiger partial charge in [0, 0.05) is 57.6 Å². The molecule has 6 nitrogen and oxygen atoms in total. The van der Waals surface area contributed by atoms with Crippen LogP contribution in [0.15, 0.2) is 12.1 Å². The third-order valence-electron chi connectivity index (χ3n) is 5.08. The molecule has 2 aliphatic heterocycles. The van der Waals surface area contributed by atoms with Gasteiger partial charge in [0.1, 0.15) is 17.2 Å². The van der Waals surface area contributed by atoms with Crippen LogP contribution >= 0.6 is 0 Å². The van der Waals surface area contributed by atoms with Crippen LogP contribution in [-0.4, -0.2) is 63.6 Å². The number of hydrogen-bond donors (Lipinski definition) is 2. The standard InChI is InChI=1S/C18H28N2O4/c1-22-15-11-14(21)12-16(23-2)17(15)18(13-3-9-24-10-4-13)20-7-5-19-6-8-20/h11-13,18-19,21H,3-10H2,1-2H3/t18-/m0/s1. The molecule has 0 spiro atoms. The molecule has 2 saturated heterocycles. The summed E-state index contributed by atoms with van der Waals surface area (Å²) in [5.74, 6) is 2.05. The summed E-state index contributed by atoms with van der Waals surface area (Å²) in [5, 5.41) is 13.4. The number of nitrogens with one attached hydrogen (secondary N) is 1. The molecule has 0 aromatic heterocycles.